The first-order valence-corrected chi connectivity index (χ1v) is 14.3. The Hall–Kier alpha value is -4.79. The molecule has 2 heterocycles. The Balaban J connectivity index is 1.02. The molecule has 0 aliphatic carbocycles. The van der Waals surface area contributed by atoms with E-state index in [0.29, 0.717) is 17.8 Å². The summed E-state index contributed by atoms with van der Waals surface area (Å²) in [4.78, 5) is 15.2. The highest BCUT2D eigenvalue weighted by molar-refractivity contribution is 6.06. The summed E-state index contributed by atoms with van der Waals surface area (Å²) >= 11 is 0. The molecule has 0 unspecified atom stereocenters. The van der Waals surface area contributed by atoms with Gasteiger partial charge in [0.05, 0.1) is 12.7 Å². The highest BCUT2D eigenvalue weighted by Gasteiger charge is 2.17. The number of amides is 1. The molecule has 1 aliphatic rings. The lowest BCUT2D eigenvalue weighted by Crippen LogP contribution is -2.35. The van der Waals surface area contributed by atoms with Crippen LogP contribution in [0.4, 0.5) is 34.1 Å². The zero-order chi connectivity index (χ0) is 28.9. The minimum absolute atomic E-state index is 0.0447. The van der Waals surface area contributed by atoms with Gasteiger partial charge < -0.3 is 35.6 Å². The summed E-state index contributed by atoms with van der Waals surface area (Å²) in [5.41, 5.74) is 7.27. The highest BCUT2D eigenvalue weighted by atomic mass is 16.3. The van der Waals surface area contributed by atoms with Crippen molar-refractivity contribution in [2.24, 2.45) is 0 Å². The molecule has 1 saturated heterocycles. The summed E-state index contributed by atoms with van der Waals surface area (Å²) in [7, 11) is 0. The van der Waals surface area contributed by atoms with Gasteiger partial charge in [0, 0.05) is 71.0 Å². The summed E-state index contributed by atoms with van der Waals surface area (Å²) in [6.07, 6.45) is 3.39. The fourth-order valence-electron chi connectivity index (χ4n) is 5.32. The van der Waals surface area contributed by atoms with Crippen LogP contribution in [0.2, 0.25) is 0 Å². The maximum absolute atomic E-state index is 12.9. The zero-order valence-electron chi connectivity index (χ0n) is 23.3. The van der Waals surface area contributed by atoms with Crippen molar-refractivity contribution in [2.75, 3.05) is 40.5 Å². The summed E-state index contributed by atoms with van der Waals surface area (Å²) < 4.78 is 1.94. The van der Waals surface area contributed by atoms with Crippen LogP contribution in [0.15, 0.2) is 103 Å². The number of hydrogen-bond donors (Lipinski definition) is 5. The lowest BCUT2D eigenvalue weighted by Gasteiger charge is -2.31. The van der Waals surface area contributed by atoms with E-state index in [0.717, 1.165) is 59.6 Å². The fourth-order valence-corrected chi connectivity index (χ4v) is 5.32. The molecule has 1 fully saturated rings. The van der Waals surface area contributed by atoms with Crippen LogP contribution in [0.5, 0.6) is 0 Å². The number of rotatable bonds is 9. The van der Waals surface area contributed by atoms with Crippen molar-refractivity contribution >= 4 is 50.9 Å². The topological polar surface area (TPSA) is 102 Å². The summed E-state index contributed by atoms with van der Waals surface area (Å²) in [6, 6.07) is 31.7. The van der Waals surface area contributed by atoms with Crippen LogP contribution in [0.25, 0.3) is 10.9 Å². The van der Waals surface area contributed by atoms with Gasteiger partial charge in [-0.2, -0.15) is 0 Å². The van der Waals surface area contributed by atoms with Gasteiger partial charge in [0.25, 0.3) is 5.91 Å². The third-order valence-electron chi connectivity index (χ3n) is 7.68. The number of carbonyl (C=O) groups excluding carboxylic acids is 1. The van der Waals surface area contributed by atoms with Crippen molar-refractivity contribution in [3.63, 3.8) is 0 Å². The van der Waals surface area contributed by atoms with Gasteiger partial charge in [-0.05, 0) is 109 Å². The number of fused-ring (bicyclic) bond motifs is 1. The third kappa shape index (κ3) is 6.40. The van der Waals surface area contributed by atoms with Gasteiger partial charge in [0.2, 0.25) is 0 Å². The number of anilines is 6. The van der Waals surface area contributed by atoms with Crippen molar-refractivity contribution in [2.45, 2.75) is 25.5 Å². The Morgan fingerprint density at radius 3 is 1.86 bits per heavy atom. The van der Waals surface area contributed by atoms with E-state index in [-0.39, 0.29) is 18.6 Å². The lowest BCUT2D eigenvalue weighted by atomic mass is 10.1. The first-order chi connectivity index (χ1) is 20.5. The number of aliphatic hydroxyl groups excluding tert-OH is 2. The molecule has 0 bridgehead atoms. The van der Waals surface area contributed by atoms with Gasteiger partial charge in [-0.15, -0.1) is 0 Å². The number of benzene rings is 4. The highest BCUT2D eigenvalue weighted by Crippen LogP contribution is 2.26. The van der Waals surface area contributed by atoms with Crippen LogP contribution in [0, 0.1) is 0 Å². The smallest absolute Gasteiger partial charge is 0.255 e. The normalized spacial score (nSPS) is 13.7. The molecule has 8 nitrogen and oxygen atoms in total. The second-order valence-electron chi connectivity index (χ2n) is 10.6. The molecule has 0 saturated carbocycles. The number of piperidine rings is 1. The molecule has 4 aromatic carbocycles. The van der Waals surface area contributed by atoms with E-state index in [1.165, 1.54) is 5.69 Å². The third-order valence-corrected chi connectivity index (χ3v) is 7.68. The summed E-state index contributed by atoms with van der Waals surface area (Å²) in [5.74, 6) is -0.182. The van der Waals surface area contributed by atoms with Gasteiger partial charge in [-0.25, -0.2) is 0 Å². The molecular formula is C34H35N5O3. The van der Waals surface area contributed by atoms with Gasteiger partial charge in [0.15, 0.2) is 0 Å². The van der Waals surface area contributed by atoms with Gasteiger partial charge in [0.1, 0.15) is 0 Å². The van der Waals surface area contributed by atoms with Gasteiger partial charge in [-0.1, -0.05) is 6.07 Å². The maximum Gasteiger partial charge on any atom is 0.255 e. The van der Waals surface area contributed by atoms with E-state index in [2.05, 4.69) is 45.1 Å². The number of aromatic nitrogens is 1. The first-order valence-electron chi connectivity index (χ1n) is 14.3. The predicted molar refractivity (Wildman–Crippen MR) is 170 cm³/mol. The molecule has 0 atom stereocenters. The van der Waals surface area contributed by atoms with Crippen molar-refractivity contribution in [3.05, 3.63) is 109 Å². The van der Waals surface area contributed by atoms with Gasteiger partial charge >= 0.3 is 0 Å². The van der Waals surface area contributed by atoms with Crippen LogP contribution in [0.3, 0.4) is 0 Å². The quantitative estimate of drug-likeness (QED) is 0.144. The zero-order valence-corrected chi connectivity index (χ0v) is 23.3. The molecule has 1 amide bonds. The molecule has 1 aliphatic heterocycles. The van der Waals surface area contributed by atoms with E-state index >= 15 is 0 Å². The Kier molecular flexibility index (Phi) is 8.07. The Morgan fingerprint density at radius 1 is 0.738 bits per heavy atom. The van der Waals surface area contributed by atoms with E-state index < -0.39 is 0 Å². The van der Waals surface area contributed by atoms with Crippen LogP contribution in [0.1, 0.15) is 23.2 Å². The molecular weight excluding hydrogens is 526 g/mol. The molecule has 0 spiro atoms. The number of carbonyl (C=O) groups is 1. The minimum Gasteiger partial charge on any atom is -0.395 e. The molecule has 42 heavy (non-hydrogen) atoms. The lowest BCUT2D eigenvalue weighted by molar-refractivity contribution is 0.102. The van der Waals surface area contributed by atoms with E-state index in [4.69, 9.17) is 0 Å². The van der Waals surface area contributed by atoms with Crippen LogP contribution in [-0.4, -0.2) is 46.5 Å². The second kappa shape index (κ2) is 12.4. The number of nitrogens with one attached hydrogen (secondary N) is 3. The molecule has 5 aromatic rings. The van der Waals surface area contributed by atoms with Crippen molar-refractivity contribution < 1.29 is 15.0 Å². The Labute approximate surface area is 245 Å². The van der Waals surface area contributed by atoms with E-state index in [1.807, 2.05) is 83.6 Å². The Morgan fingerprint density at radius 2 is 1.29 bits per heavy atom. The Bertz CT molecular complexity index is 1640. The molecule has 5 N–H and O–H groups in total. The molecule has 6 rings (SSSR count). The second-order valence-corrected chi connectivity index (χ2v) is 10.6. The molecule has 0 radical (unpaired) electrons. The SMILES string of the molecule is O=C(Nc1ccc(Nc2ccc(Nc3ccc(N4CCC(O)CC4)cc3)cc2)cc1)c1ccc2ccn(CCO)c2c1. The maximum atomic E-state index is 12.9. The van der Waals surface area contributed by atoms with E-state index in [9.17, 15) is 15.0 Å². The first kappa shape index (κ1) is 27.4. The molecule has 214 valence electrons. The molecule has 8 heteroatoms. The summed E-state index contributed by atoms with van der Waals surface area (Å²) in [5, 5.41) is 29.9. The van der Waals surface area contributed by atoms with Crippen molar-refractivity contribution in [1.29, 1.82) is 0 Å². The van der Waals surface area contributed by atoms with Crippen LogP contribution >= 0.6 is 0 Å². The van der Waals surface area contributed by atoms with Crippen molar-refractivity contribution in [1.82, 2.24) is 4.57 Å². The minimum atomic E-state index is -0.182. The number of aliphatic hydroxyl groups is 2. The van der Waals surface area contributed by atoms with Crippen molar-refractivity contribution in [3.8, 4) is 0 Å². The average Bonchev–Trinajstić information content (AvgIpc) is 3.42. The number of hydrogen-bond acceptors (Lipinski definition) is 6. The van der Waals surface area contributed by atoms with E-state index in [1.54, 1.807) is 0 Å². The predicted octanol–water partition coefficient (Wildman–Crippen LogP) is 6.33. The van der Waals surface area contributed by atoms with Gasteiger partial charge in [-0.3, -0.25) is 4.79 Å². The van der Waals surface area contributed by atoms with Crippen LogP contribution < -0.4 is 20.9 Å². The monoisotopic (exact) mass is 561 g/mol. The number of nitrogens with zero attached hydrogens (tertiary/aromatic N) is 2. The largest absolute Gasteiger partial charge is 0.395 e. The molecule has 1 aromatic heterocycles. The standard InChI is InChI=1S/C34H35N5O3/c40-22-21-39-18-15-24-1-2-25(23-33(24)39)34(42)37-30-9-7-28(8-10-30)35-26-3-5-27(6-4-26)36-29-11-13-31(14-12-29)38-19-16-32(41)17-20-38/h1-15,18,23,32,35-36,40-41H,16-17,19-22H2,(H,37,42). The average molecular weight is 562 g/mol. The summed E-state index contributed by atoms with van der Waals surface area (Å²) in [6.45, 7) is 2.31. The fraction of sp³-hybridized carbons (Fsp3) is 0.206. The van der Waals surface area contributed by atoms with Crippen LogP contribution in [-0.2, 0) is 6.54 Å².